The number of furan rings is 1. The number of carbonyl (C=O) groups excluding carboxylic acids is 2. The largest absolute Gasteiger partial charge is 0.467 e. The van der Waals surface area contributed by atoms with Crippen molar-refractivity contribution >= 4 is 40.5 Å². The molecule has 1 fully saturated rings. The van der Waals surface area contributed by atoms with Crippen molar-refractivity contribution in [2.45, 2.75) is 32.9 Å². The molecule has 1 unspecified atom stereocenters. The lowest BCUT2D eigenvalue weighted by atomic mass is 10.1. The van der Waals surface area contributed by atoms with Crippen molar-refractivity contribution in [2.24, 2.45) is 0 Å². The zero-order chi connectivity index (χ0) is 22.0. The Kier molecular flexibility index (Phi) is 5.86. The van der Waals surface area contributed by atoms with Gasteiger partial charge in [0.05, 0.1) is 19.2 Å². The highest BCUT2D eigenvalue weighted by atomic mass is 32.1. The fourth-order valence-corrected chi connectivity index (χ4v) is 4.04. The smallest absolute Gasteiger partial charge is 0.252 e. The zero-order valence-corrected chi connectivity index (χ0v) is 18.2. The number of nitrogens with zero attached hydrogens (tertiary/aromatic N) is 2. The zero-order valence-electron chi connectivity index (χ0n) is 17.4. The first kappa shape index (κ1) is 20.8. The van der Waals surface area contributed by atoms with Crippen LogP contribution in [-0.4, -0.2) is 27.9 Å². The minimum absolute atomic E-state index is 0.0180. The van der Waals surface area contributed by atoms with Gasteiger partial charge in [-0.25, -0.2) is 0 Å². The molecule has 1 N–H and O–H groups in total. The van der Waals surface area contributed by atoms with E-state index < -0.39 is 6.04 Å². The Bertz CT molecular complexity index is 1110. The van der Waals surface area contributed by atoms with Crippen LogP contribution in [0.1, 0.15) is 23.3 Å². The third-order valence-electron chi connectivity index (χ3n) is 5.28. The summed E-state index contributed by atoms with van der Waals surface area (Å²) >= 11 is 5.69. The van der Waals surface area contributed by atoms with Gasteiger partial charge in [0.15, 0.2) is 5.11 Å². The molecule has 1 aliphatic rings. The molecule has 0 aliphatic carbocycles. The van der Waals surface area contributed by atoms with Gasteiger partial charge in [0.2, 0.25) is 5.91 Å². The second kappa shape index (κ2) is 8.73. The van der Waals surface area contributed by atoms with Crippen molar-refractivity contribution < 1.29 is 14.0 Å². The molecule has 31 heavy (non-hydrogen) atoms. The first-order valence-electron chi connectivity index (χ1n) is 10.0. The molecule has 3 aromatic rings. The monoisotopic (exact) mass is 433 g/mol. The topological polar surface area (TPSA) is 65.8 Å². The van der Waals surface area contributed by atoms with Gasteiger partial charge in [-0.3, -0.25) is 14.5 Å². The predicted molar refractivity (Wildman–Crippen MR) is 124 cm³/mol. The number of nitrogens with one attached hydrogen (secondary N) is 1. The summed E-state index contributed by atoms with van der Waals surface area (Å²) in [5, 5.41) is 3.24. The summed E-state index contributed by atoms with van der Waals surface area (Å²) < 4.78 is 5.41. The van der Waals surface area contributed by atoms with E-state index in [2.05, 4.69) is 5.32 Å². The standard InChI is InChI=1S/C24H23N3O3S/c1-16-9-11-18(12-10-16)25-22(28)14-21-23(29)26(15-19-7-5-13-30-19)24(31)27(21)20-8-4-3-6-17(20)2/h3-13,21H,14-15H2,1-2H3,(H,25,28). The SMILES string of the molecule is Cc1ccc(NC(=O)CC2C(=O)N(Cc3ccco3)C(=S)N2c2ccccc2C)cc1. The van der Waals surface area contributed by atoms with Crippen LogP contribution in [0.5, 0.6) is 0 Å². The fourth-order valence-electron chi connectivity index (χ4n) is 3.66. The molecule has 1 aromatic heterocycles. The van der Waals surface area contributed by atoms with Crippen molar-refractivity contribution in [3.05, 3.63) is 83.8 Å². The Morgan fingerprint density at radius 2 is 1.81 bits per heavy atom. The molecule has 1 saturated heterocycles. The van der Waals surface area contributed by atoms with Crippen LogP contribution in [0.3, 0.4) is 0 Å². The molecule has 1 aliphatic heterocycles. The average molecular weight is 434 g/mol. The third kappa shape index (κ3) is 4.36. The van der Waals surface area contributed by atoms with Gasteiger partial charge in [0, 0.05) is 11.4 Å². The first-order chi connectivity index (χ1) is 14.9. The van der Waals surface area contributed by atoms with Crippen LogP contribution in [0, 0.1) is 13.8 Å². The van der Waals surface area contributed by atoms with Gasteiger partial charge < -0.3 is 14.6 Å². The maximum Gasteiger partial charge on any atom is 0.252 e. The van der Waals surface area contributed by atoms with E-state index in [1.54, 1.807) is 23.3 Å². The first-order valence-corrected chi connectivity index (χ1v) is 10.4. The van der Waals surface area contributed by atoms with Crippen LogP contribution >= 0.6 is 12.2 Å². The van der Waals surface area contributed by atoms with Crippen molar-refractivity contribution in [1.82, 2.24) is 4.90 Å². The Labute approximate surface area is 186 Å². The summed E-state index contributed by atoms with van der Waals surface area (Å²) in [7, 11) is 0. The molecule has 0 bridgehead atoms. The summed E-state index contributed by atoms with van der Waals surface area (Å²) in [5.74, 6) is 0.164. The number of hydrogen-bond donors (Lipinski definition) is 1. The van der Waals surface area contributed by atoms with Crippen molar-refractivity contribution in [3.8, 4) is 0 Å². The normalized spacial score (nSPS) is 16.1. The number of amides is 2. The van der Waals surface area contributed by atoms with Gasteiger partial charge >= 0.3 is 0 Å². The van der Waals surface area contributed by atoms with E-state index in [-0.39, 0.29) is 24.8 Å². The Morgan fingerprint density at radius 3 is 2.48 bits per heavy atom. The highest BCUT2D eigenvalue weighted by molar-refractivity contribution is 7.80. The molecule has 1 atom stereocenters. The maximum atomic E-state index is 13.3. The van der Waals surface area contributed by atoms with Crippen LogP contribution in [0.2, 0.25) is 0 Å². The molecule has 6 nitrogen and oxygen atoms in total. The van der Waals surface area contributed by atoms with E-state index in [9.17, 15) is 9.59 Å². The lowest BCUT2D eigenvalue weighted by molar-refractivity contribution is -0.129. The summed E-state index contributed by atoms with van der Waals surface area (Å²) in [5.41, 5.74) is 3.59. The molecule has 2 aromatic carbocycles. The second-order valence-electron chi connectivity index (χ2n) is 7.58. The van der Waals surface area contributed by atoms with E-state index in [0.717, 1.165) is 16.8 Å². The van der Waals surface area contributed by atoms with Crippen molar-refractivity contribution in [2.75, 3.05) is 10.2 Å². The van der Waals surface area contributed by atoms with Crippen LogP contribution < -0.4 is 10.2 Å². The van der Waals surface area contributed by atoms with Crippen molar-refractivity contribution in [1.29, 1.82) is 0 Å². The minimum Gasteiger partial charge on any atom is -0.467 e. The van der Waals surface area contributed by atoms with Crippen molar-refractivity contribution in [3.63, 3.8) is 0 Å². The molecule has 4 rings (SSSR count). The average Bonchev–Trinajstić information content (AvgIpc) is 3.34. The van der Waals surface area contributed by atoms with Crippen LogP contribution in [-0.2, 0) is 16.1 Å². The molecular formula is C24H23N3O3S. The molecule has 0 spiro atoms. The van der Waals surface area contributed by atoms with E-state index in [4.69, 9.17) is 16.6 Å². The highest BCUT2D eigenvalue weighted by Crippen LogP contribution is 2.31. The summed E-state index contributed by atoms with van der Waals surface area (Å²) in [6, 6.07) is 18.1. The quantitative estimate of drug-likeness (QED) is 0.583. The lowest BCUT2D eigenvalue weighted by Crippen LogP contribution is -2.38. The number of rotatable bonds is 6. The summed E-state index contributed by atoms with van der Waals surface area (Å²) in [4.78, 5) is 29.5. The Morgan fingerprint density at radius 1 is 1.06 bits per heavy atom. The Balaban J connectivity index is 1.61. The van der Waals surface area contributed by atoms with Crippen LogP contribution in [0.25, 0.3) is 0 Å². The molecule has 7 heteroatoms. The number of anilines is 2. The number of benzene rings is 2. The number of para-hydroxylation sites is 1. The molecule has 2 heterocycles. The maximum absolute atomic E-state index is 13.3. The Hall–Kier alpha value is -3.45. The highest BCUT2D eigenvalue weighted by Gasteiger charge is 2.44. The minimum atomic E-state index is -0.728. The third-order valence-corrected chi connectivity index (χ3v) is 5.70. The predicted octanol–water partition coefficient (Wildman–Crippen LogP) is 4.43. The van der Waals surface area contributed by atoms with Crippen LogP contribution in [0.15, 0.2) is 71.3 Å². The number of hydrogen-bond acceptors (Lipinski definition) is 4. The van der Waals surface area contributed by atoms with E-state index >= 15 is 0 Å². The van der Waals surface area contributed by atoms with Gasteiger partial charge in [-0.05, 0) is 62.0 Å². The van der Waals surface area contributed by atoms with E-state index in [1.165, 1.54) is 4.90 Å². The number of aryl methyl sites for hydroxylation is 2. The van der Waals surface area contributed by atoms with Gasteiger partial charge in [-0.2, -0.15) is 0 Å². The number of carbonyl (C=O) groups is 2. The van der Waals surface area contributed by atoms with Gasteiger partial charge in [0.25, 0.3) is 5.91 Å². The van der Waals surface area contributed by atoms with Crippen LogP contribution in [0.4, 0.5) is 11.4 Å². The second-order valence-corrected chi connectivity index (χ2v) is 7.94. The molecule has 0 saturated carbocycles. The molecule has 158 valence electrons. The summed E-state index contributed by atoms with van der Waals surface area (Å²) in [6.07, 6.45) is 1.54. The van der Waals surface area contributed by atoms with Gasteiger partial charge in [0.1, 0.15) is 11.8 Å². The van der Waals surface area contributed by atoms with E-state index in [1.807, 2.05) is 62.4 Å². The molecule has 2 amide bonds. The lowest BCUT2D eigenvalue weighted by Gasteiger charge is -2.25. The molecular weight excluding hydrogens is 410 g/mol. The fraction of sp³-hybridized carbons (Fsp3) is 0.208. The molecule has 0 radical (unpaired) electrons. The number of thiocarbonyl (C=S) groups is 1. The van der Waals surface area contributed by atoms with E-state index in [0.29, 0.717) is 16.6 Å². The summed E-state index contributed by atoms with van der Waals surface area (Å²) in [6.45, 7) is 4.17. The van der Waals surface area contributed by atoms with Gasteiger partial charge in [-0.1, -0.05) is 35.9 Å². The van der Waals surface area contributed by atoms with Gasteiger partial charge in [-0.15, -0.1) is 0 Å².